The Kier molecular flexibility index (Phi) is 4.57. The number of nitrogens with zero attached hydrogens (tertiary/aromatic N) is 3. The van der Waals surface area contributed by atoms with Crippen LogP contribution in [0.15, 0.2) is 65.1 Å². The van der Waals surface area contributed by atoms with Crippen LogP contribution in [0.5, 0.6) is 0 Å². The van der Waals surface area contributed by atoms with Crippen LogP contribution in [-0.4, -0.2) is 26.4 Å². The van der Waals surface area contributed by atoms with Gasteiger partial charge < -0.3 is 9.52 Å². The number of aromatic nitrogens is 3. The highest BCUT2D eigenvalue weighted by Crippen LogP contribution is 2.46. The van der Waals surface area contributed by atoms with Gasteiger partial charge in [0.25, 0.3) is 0 Å². The quantitative estimate of drug-likeness (QED) is 0.475. The zero-order valence-electron chi connectivity index (χ0n) is 17.3. The third-order valence-corrected chi connectivity index (χ3v) is 6.92. The van der Waals surface area contributed by atoms with Gasteiger partial charge in [0, 0.05) is 16.9 Å². The molecule has 2 heterocycles. The lowest BCUT2D eigenvalue weighted by molar-refractivity contribution is 0.0356. The SMILES string of the molecule is OC1C[C@@H]2CC(c3nnc(-c4cc(-c5ccccc5)nc5ccccc45)o3)C[C@H](C1)C2. The number of hydrogen-bond donors (Lipinski definition) is 1. The fraction of sp³-hybridized carbons (Fsp3) is 0.346. The molecule has 2 aromatic carbocycles. The van der Waals surface area contributed by atoms with Crippen LogP contribution in [-0.2, 0) is 0 Å². The smallest absolute Gasteiger partial charge is 0.248 e. The second-order valence-electron chi connectivity index (χ2n) is 9.14. The molecule has 0 radical (unpaired) electrons. The van der Waals surface area contributed by atoms with Gasteiger partial charge in [0.05, 0.1) is 22.9 Å². The molecule has 2 fully saturated rings. The zero-order chi connectivity index (χ0) is 20.8. The molecule has 2 aliphatic rings. The molecule has 0 spiro atoms. The number of para-hydroxylation sites is 1. The molecule has 156 valence electrons. The molecule has 2 unspecified atom stereocenters. The lowest BCUT2D eigenvalue weighted by Gasteiger charge is -2.39. The summed E-state index contributed by atoms with van der Waals surface area (Å²) >= 11 is 0. The Labute approximate surface area is 181 Å². The van der Waals surface area contributed by atoms with Crippen LogP contribution in [0.1, 0.15) is 43.9 Å². The van der Waals surface area contributed by atoms with Gasteiger partial charge in [-0.3, -0.25) is 0 Å². The fourth-order valence-corrected chi connectivity index (χ4v) is 5.63. The van der Waals surface area contributed by atoms with Crippen molar-refractivity contribution in [2.75, 3.05) is 0 Å². The van der Waals surface area contributed by atoms with E-state index < -0.39 is 0 Å². The lowest BCUT2D eigenvalue weighted by Crippen LogP contribution is -2.32. The maximum atomic E-state index is 10.1. The summed E-state index contributed by atoms with van der Waals surface area (Å²) in [4.78, 5) is 4.86. The van der Waals surface area contributed by atoms with E-state index in [9.17, 15) is 5.11 Å². The molecule has 5 nitrogen and oxygen atoms in total. The largest absolute Gasteiger partial charge is 0.420 e. The van der Waals surface area contributed by atoms with Gasteiger partial charge in [-0.2, -0.15) is 0 Å². The van der Waals surface area contributed by atoms with Gasteiger partial charge in [0.1, 0.15) is 0 Å². The number of benzene rings is 2. The van der Waals surface area contributed by atoms with Gasteiger partial charge in [-0.25, -0.2) is 4.98 Å². The molecule has 2 aromatic heterocycles. The van der Waals surface area contributed by atoms with Crippen LogP contribution in [0.4, 0.5) is 0 Å². The molecular weight excluding hydrogens is 386 g/mol. The second-order valence-corrected chi connectivity index (χ2v) is 9.14. The molecule has 2 saturated carbocycles. The molecule has 4 atom stereocenters. The molecular formula is C26H25N3O2. The predicted molar refractivity (Wildman–Crippen MR) is 119 cm³/mol. The second kappa shape index (κ2) is 7.57. The monoisotopic (exact) mass is 411 g/mol. The topological polar surface area (TPSA) is 72.0 Å². The molecule has 0 amide bonds. The zero-order valence-corrected chi connectivity index (χ0v) is 17.3. The van der Waals surface area contributed by atoms with Crippen LogP contribution in [0.25, 0.3) is 33.6 Å². The Balaban J connectivity index is 1.39. The van der Waals surface area contributed by atoms with Crippen molar-refractivity contribution < 1.29 is 9.52 Å². The van der Waals surface area contributed by atoms with Gasteiger partial charge in [-0.15, -0.1) is 10.2 Å². The Morgan fingerprint density at radius 2 is 1.55 bits per heavy atom. The van der Waals surface area contributed by atoms with E-state index >= 15 is 0 Å². The first-order valence-corrected chi connectivity index (χ1v) is 11.2. The van der Waals surface area contributed by atoms with Crippen molar-refractivity contribution in [1.29, 1.82) is 0 Å². The summed E-state index contributed by atoms with van der Waals surface area (Å²) in [6.45, 7) is 0. The van der Waals surface area contributed by atoms with E-state index in [1.165, 1.54) is 6.42 Å². The molecule has 0 aliphatic heterocycles. The minimum absolute atomic E-state index is 0.137. The van der Waals surface area contributed by atoms with Crippen molar-refractivity contribution in [3.8, 4) is 22.7 Å². The number of aliphatic hydroxyl groups excluding tert-OH is 1. The van der Waals surface area contributed by atoms with E-state index in [4.69, 9.17) is 9.40 Å². The van der Waals surface area contributed by atoms with E-state index in [-0.39, 0.29) is 6.10 Å². The molecule has 2 bridgehead atoms. The van der Waals surface area contributed by atoms with Crippen LogP contribution in [0.2, 0.25) is 0 Å². The summed E-state index contributed by atoms with van der Waals surface area (Å²) in [6, 6.07) is 20.3. The third-order valence-electron chi connectivity index (χ3n) is 6.92. The Morgan fingerprint density at radius 1 is 0.806 bits per heavy atom. The highest BCUT2D eigenvalue weighted by molar-refractivity contribution is 5.94. The summed E-state index contributed by atoms with van der Waals surface area (Å²) in [5.41, 5.74) is 3.80. The summed E-state index contributed by atoms with van der Waals surface area (Å²) in [5, 5.41) is 20.0. The van der Waals surface area contributed by atoms with E-state index in [1.807, 2.05) is 36.4 Å². The van der Waals surface area contributed by atoms with Crippen LogP contribution in [0, 0.1) is 11.8 Å². The lowest BCUT2D eigenvalue weighted by atomic mass is 9.67. The molecule has 6 rings (SSSR count). The van der Waals surface area contributed by atoms with Gasteiger partial charge in [0.15, 0.2) is 0 Å². The standard InChI is InChI=1S/C26H25N3O2/c30-20-13-16-10-17(14-20)12-19(11-16)25-28-29-26(31-25)22-15-24(18-6-2-1-3-7-18)27-23-9-5-4-8-21(22)23/h1-9,15-17,19-20,30H,10-14H2/t16-,17+,19?,20?. The van der Waals surface area contributed by atoms with Crippen molar-refractivity contribution in [2.45, 2.75) is 44.1 Å². The Morgan fingerprint density at radius 3 is 2.35 bits per heavy atom. The van der Waals surface area contributed by atoms with Gasteiger partial charge in [-0.1, -0.05) is 48.5 Å². The van der Waals surface area contributed by atoms with E-state index in [0.29, 0.717) is 23.6 Å². The number of pyridine rings is 1. The first-order valence-electron chi connectivity index (χ1n) is 11.2. The predicted octanol–water partition coefficient (Wildman–Crippen LogP) is 5.61. The van der Waals surface area contributed by atoms with Crippen molar-refractivity contribution >= 4 is 10.9 Å². The number of hydrogen-bond acceptors (Lipinski definition) is 5. The molecule has 4 aromatic rings. The average Bonchev–Trinajstić information content (AvgIpc) is 3.28. The molecule has 0 saturated heterocycles. The minimum Gasteiger partial charge on any atom is -0.420 e. The first kappa shape index (κ1) is 18.7. The molecule has 1 N–H and O–H groups in total. The van der Waals surface area contributed by atoms with Crippen molar-refractivity contribution in [2.24, 2.45) is 11.8 Å². The molecule has 31 heavy (non-hydrogen) atoms. The highest BCUT2D eigenvalue weighted by Gasteiger charge is 2.38. The Hall–Kier alpha value is -3.05. The van der Waals surface area contributed by atoms with Crippen molar-refractivity contribution in [3.63, 3.8) is 0 Å². The third kappa shape index (κ3) is 3.53. The molecule has 2 aliphatic carbocycles. The maximum Gasteiger partial charge on any atom is 0.248 e. The van der Waals surface area contributed by atoms with Crippen molar-refractivity contribution in [1.82, 2.24) is 15.2 Å². The van der Waals surface area contributed by atoms with Crippen LogP contribution >= 0.6 is 0 Å². The maximum absolute atomic E-state index is 10.1. The first-order chi connectivity index (χ1) is 15.2. The number of fused-ring (bicyclic) bond motifs is 3. The highest BCUT2D eigenvalue weighted by atomic mass is 16.4. The fourth-order valence-electron chi connectivity index (χ4n) is 5.63. The van der Waals surface area contributed by atoms with E-state index in [1.54, 1.807) is 0 Å². The van der Waals surface area contributed by atoms with E-state index in [2.05, 4.69) is 34.5 Å². The van der Waals surface area contributed by atoms with Crippen LogP contribution in [0.3, 0.4) is 0 Å². The normalized spacial score (nSPS) is 25.6. The van der Waals surface area contributed by atoms with Crippen LogP contribution < -0.4 is 0 Å². The summed E-state index contributed by atoms with van der Waals surface area (Å²) < 4.78 is 6.29. The van der Waals surface area contributed by atoms with Crippen molar-refractivity contribution in [3.05, 3.63) is 66.6 Å². The number of aliphatic hydroxyl groups is 1. The van der Waals surface area contributed by atoms with Gasteiger partial charge >= 0.3 is 0 Å². The summed E-state index contributed by atoms with van der Waals surface area (Å²) in [7, 11) is 0. The summed E-state index contributed by atoms with van der Waals surface area (Å²) in [6.07, 6.45) is 4.96. The summed E-state index contributed by atoms with van der Waals surface area (Å²) in [5.74, 6) is 2.72. The number of rotatable bonds is 3. The average molecular weight is 412 g/mol. The minimum atomic E-state index is -0.137. The van der Waals surface area contributed by atoms with E-state index in [0.717, 1.165) is 59.3 Å². The van der Waals surface area contributed by atoms with Gasteiger partial charge in [-0.05, 0) is 56.1 Å². The van der Waals surface area contributed by atoms with Gasteiger partial charge in [0.2, 0.25) is 11.8 Å². The molecule has 5 heteroatoms. The Bertz CT molecular complexity index is 1200.